The number of hydrogen-bond donors (Lipinski definition) is 0. The molecule has 3 nitrogen and oxygen atoms in total. The molecule has 0 radical (unpaired) electrons. The highest BCUT2D eigenvalue weighted by Gasteiger charge is 2.15. The predicted molar refractivity (Wildman–Crippen MR) is 76.2 cm³/mol. The van der Waals surface area contributed by atoms with Gasteiger partial charge in [0.2, 0.25) is 0 Å². The quantitative estimate of drug-likeness (QED) is 0.710. The predicted octanol–water partition coefficient (Wildman–Crippen LogP) is 3.71. The van der Waals surface area contributed by atoms with Crippen molar-refractivity contribution in [2.75, 3.05) is 0 Å². The fraction of sp³-hybridized carbons (Fsp3) is 0.188. The van der Waals surface area contributed by atoms with Crippen LogP contribution in [-0.4, -0.2) is 9.55 Å². The molecule has 1 atom stereocenters. The van der Waals surface area contributed by atoms with Crippen LogP contribution in [0.4, 0.5) is 0 Å². The fourth-order valence-electron chi connectivity index (χ4n) is 2.28. The summed E-state index contributed by atoms with van der Waals surface area (Å²) in [6, 6.07) is 18.0. The topological polar surface area (TPSA) is 27.1 Å². The molecule has 96 valence electrons. The molecular weight excluding hydrogens is 236 g/mol. The molecule has 3 rings (SSSR count). The van der Waals surface area contributed by atoms with E-state index in [1.54, 1.807) is 0 Å². The van der Waals surface area contributed by atoms with Crippen LogP contribution in [0.3, 0.4) is 0 Å². The van der Waals surface area contributed by atoms with Crippen molar-refractivity contribution in [3.8, 4) is 5.75 Å². The summed E-state index contributed by atoms with van der Waals surface area (Å²) >= 11 is 0. The third-order valence-corrected chi connectivity index (χ3v) is 3.24. The van der Waals surface area contributed by atoms with Crippen molar-refractivity contribution in [3.63, 3.8) is 0 Å². The molecule has 0 bridgehead atoms. The van der Waals surface area contributed by atoms with Crippen LogP contribution in [0.25, 0.3) is 11.0 Å². The number of imidazole rings is 1. The second kappa shape index (κ2) is 4.76. The van der Waals surface area contributed by atoms with Crippen LogP contribution >= 0.6 is 0 Å². The average molecular weight is 252 g/mol. The van der Waals surface area contributed by atoms with Crippen LogP contribution in [-0.2, 0) is 7.05 Å². The number of fused-ring (bicyclic) bond motifs is 1. The fourth-order valence-corrected chi connectivity index (χ4v) is 2.28. The first-order valence-electron chi connectivity index (χ1n) is 6.39. The van der Waals surface area contributed by atoms with E-state index in [1.165, 1.54) is 0 Å². The van der Waals surface area contributed by atoms with Crippen molar-refractivity contribution in [2.24, 2.45) is 7.05 Å². The van der Waals surface area contributed by atoms with Gasteiger partial charge in [-0.2, -0.15) is 0 Å². The second-order valence-corrected chi connectivity index (χ2v) is 4.59. The van der Waals surface area contributed by atoms with Gasteiger partial charge in [-0.25, -0.2) is 4.98 Å². The van der Waals surface area contributed by atoms with Crippen molar-refractivity contribution < 1.29 is 4.74 Å². The number of rotatable bonds is 3. The molecular formula is C16H16N2O. The van der Waals surface area contributed by atoms with Crippen molar-refractivity contribution in [3.05, 3.63) is 60.4 Å². The zero-order valence-electron chi connectivity index (χ0n) is 11.1. The van der Waals surface area contributed by atoms with Crippen LogP contribution in [0, 0.1) is 0 Å². The zero-order chi connectivity index (χ0) is 13.2. The number of aromatic nitrogens is 2. The second-order valence-electron chi connectivity index (χ2n) is 4.59. The van der Waals surface area contributed by atoms with Crippen LogP contribution < -0.4 is 4.74 Å². The summed E-state index contributed by atoms with van der Waals surface area (Å²) in [4.78, 5) is 4.65. The Kier molecular flexibility index (Phi) is 2.95. The summed E-state index contributed by atoms with van der Waals surface area (Å²) in [6.07, 6.45) is -0.0835. The molecule has 0 saturated heterocycles. The Labute approximate surface area is 112 Å². The lowest BCUT2D eigenvalue weighted by molar-refractivity contribution is 0.213. The molecule has 0 saturated carbocycles. The highest BCUT2D eigenvalue weighted by molar-refractivity contribution is 5.75. The Hall–Kier alpha value is -2.29. The molecule has 0 aliphatic heterocycles. The summed E-state index contributed by atoms with van der Waals surface area (Å²) in [7, 11) is 2.02. The number of hydrogen-bond acceptors (Lipinski definition) is 2. The number of aryl methyl sites for hydroxylation is 1. The first-order valence-corrected chi connectivity index (χ1v) is 6.39. The van der Waals surface area contributed by atoms with Crippen molar-refractivity contribution >= 4 is 11.0 Å². The number of benzene rings is 2. The minimum absolute atomic E-state index is 0.0835. The van der Waals surface area contributed by atoms with E-state index < -0.39 is 0 Å². The number of para-hydroxylation sites is 3. The minimum Gasteiger partial charge on any atom is -0.483 e. The summed E-state index contributed by atoms with van der Waals surface area (Å²) in [6.45, 7) is 2.02. The van der Waals surface area contributed by atoms with Crippen LogP contribution in [0.15, 0.2) is 54.6 Å². The van der Waals surface area contributed by atoms with Gasteiger partial charge in [0.05, 0.1) is 11.0 Å². The largest absolute Gasteiger partial charge is 0.483 e. The van der Waals surface area contributed by atoms with Crippen molar-refractivity contribution in [1.82, 2.24) is 9.55 Å². The van der Waals surface area contributed by atoms with Gasteiger partial charge in [-0.3, -0.25) is 0 Å². The Bertz CT molecular complexity index is 688. The lowest BCUT2D eigenvalue weighted by Crippen LogP contribution is -2.09. The molecule has 0 spiro atoms. The van der Waals surface area contributed by atoms with Crippen LogP contribution in [0.2, 0.25) is 0 Å². The normalized spacial score (nSPS) is 12.5. The van der Waals surface area contributed by atoms with E-state index in [4.69, 9.17) is 4.74 Å². The first kappa shape index (κ1) is 11.8. The van der Waals surface area contributed by atoms with Gasteiger partial charge in [-0.15, -0.1) is 0 Å². The Morgan fingerprint density at radius 2 is 1.68 bits per heavy atom. The molecule has 0 N–H and O–H groups in total. The number of nitrogens with zero attached hydrogens (tertiary/aromatic N) is 2. The molecule has 3 heteroatoms. The van der Waals surface area contributed by atoms with E-state index in [9.17, 15) is 0 Å². The monoisotopic (exact) mass is 252 g/mol. The smallest absolute Gasteiger partial charge is 0.153 e. The first-order chi connectivity index (χ1) is 9.25. The lowest BCUT2D eigenvalue weighted by Gasteiger charge is -2.14. The maximum Gasteiger partial charge on any atom is 0.153 e. The van der Waals surface area contributed by atoms with E-state index in [2.05, 4.69) is 15.6 Å². The van der Waals surface area contributed by atoms with E-state index in [-0.39, 0.29) is 6.10 Å². The van der Waals surface area contributed by atoms with Crippen molar-refractivity contribution in [2.45, 2.75) is 13.0 Å². The maximum absolute atomic E-state index is 5.93. The van der Waals surface area contributed by atoms with Gasteiger partial charge in [-0.05, 0) is 31.2 Å². The van der Waals surface area contributed by atoms with Gasteiger partial charge in [0.15, 0.2) is 11.9 Å². The molecule has 0 aliphatic rings. The minimum atomic E-state index is -0.0835. The van der Waals surface area contributed by atoms with Gasteiger partial charge < -0.3 is 9.30 Å². The molecule has 1 unspecified atom stereocenters. The van der Waals surface area contributed by atoms with E-state index >= 15 is 0 Å². The zero-order valence-corrected chi connectivity index (χ0v) is 11.1. The van der Waals surface area contributed by atoms with Gasteiger partial charge in [0.25, 0.3) is 0 Å². The molecule has 0 amide bonds. The molecule has 3 aromatic rings. The molecule has 1 aromatic heterocycles. The lowest BCUT2D eigenvalue weighted by atomic mass is 10.3. The Balaban J connectivity index is 1.93. The number of ether oxygens (including phenoxy) is 1. The molecule has 0 fully saturated rings. The molecule has 1 heterocycles. The maximum atomic E-state index is 5.93. The molecule has 19 heavy (non-hydrogen) atoms. The Morgan fingerprint density at radius 1 is 1.00 bits per heavy atom. The van der Waals surface area contributed by atoms with E-state index in [0.717, 1.165) is 22.6 Å². The average Bonchev–Trinajstić information content (AvgIpc) is 2.78. The Morgan fingerprint density at radius 3 is 2.42 bits per heavy atom. The SMILES string of the molecule is CC(Oc1ccccc1)c1nc2ccccc2n1C. The molecule has 0 aliphatic carbocycles. The van der Waals surface area contributed by atoms with Gasteiger partial charge in [0.1, 0.15) is 5.75 Å². The van der Waals surface area contributed by atoms with Crippen molar-refractivity contribution in [1.29, 1.82) is 0 Å². The van der Waals surface area contributed by atoms with Crippen LogP contribution in [0.1, 0.15) is 18.9 Å². The standard InChI is InChI=1S/C16H16N2O/c1-12(19-13-8-4-3-5-9-13)16-17-14-10-6-7-11-15(14)18(16)2/h3-12H,1-2H3. The third kappa shape index (κ3) is 2.19. The van der Waals surface area contributed by atoms with Crippen LogP contribution in [0.5, 0.6) is 5.75 Å². The van der Waals surface area contributed by atoms with Gasteiger partial charge >= 0.3 is 0 Å². The summed E-state index contributed by atoms with van der Waals surface area (Å²) in [5, 5.41) is 0. The molecule has 2 aromatic carbocycles. The van der Waals surface area contributed by atoms with E-state index in [1.807, 2.05) is 62.5 Å². The van der Waals surface area contributed by atoms with Gasteiger partial charge in [-0.1, -0.05) is 30.3 Å². The summed E-state index contributed by atoms with van der Waals surface area (Å²) in [5.41, 5.74) is 2.13. The summed E-state index contributed by atoms with van der Waals surface area (Å²) < 4.78 is 8.01. The highest BCUT2D eigenvalue weighted by Crippen LogP contribution is 2.23. The highest BCUT2D eigenvalue weighted by atomic mass is 16.5. The summed E-state index contributed by atoms with van der Waals surface area (Å²) in [5.74, 6) is 1.80. The van der Waals surface area contributed by atoms with E-state index in [0.29, 0.717) is 0 Å². The van der Waals surface area contributed by atoms with Gasteiger partial charge in [0, 0.05) is 7.05 Å². The third-order valence-electron chi connectivity index (χ3n) is 3.24.